The van der Waals surface area contributed by atoms with Crippen molar-refractivity contribution in [2.75, 3.05) is 18.9 Å². The van der Waals surface area contributed by atoms with Crippen molar-refractivity contribution in [2.45, 2.75) is 32.7 Å². The number of nitrogens with zero attached hydrogens (tertiary/aromatic N) is 3. The molecular weight excluding hydrogens is 190 g/mol. The summed E-state index contributed by atoms with van der Waals surface area (Å²) in [4.78, 5) is 0. The molecule has 2 N–H and O–H groups in total. The predicted molar refractivity (Wildman–Crippen MR) is 62.0 cm³/mol. The molecule has 0 amide bonds. The zero-order valence-corrected chi connectivity index (χ0v) is 10.0. The fraction of sp³-hybridized carbons (Fsp3) is 0.800. The Kier molecular flexibility index (Phi) is 4.55. The fourth-order valence-electron chi connectivity index (χ4n) is 1.43. The Bertz CT molecular complexity index is 292. The summed E-state index contributed by atoms with van der Waals surface area (Å²) in [5.41, 5.74) is 0. The van der Waals surface area contributed by atoms with Crippen molar-refractivity contribution in [3.05, 3.63) is 5.82 Å². The predicted octanol–water partition coefficient (Wildman–Crippen LogP) is 0.787. The number of aryl methyl sites for hydroxylation is 1. The van der Waals surface area contributed by atoms with Crippen LogP contribution in [0.1, 0.15) is 26.1 Å². The van der Waals surface area contributed by atoms with Crippen molar-refractivity contribution in [2.24, 2.45) is 7.05 Å². The third-order valence-corrected chi connectivity index (χ3v) is 2.32. The van der Waals surface area contributed by atoms with Crippen LogP contribution in [0.5, 0.6) is 0 Å². The lowest BCUT2D eigenvalue weighted by Gasteiger charge is -2.07. The van der Waals surface area contributed by atoms with E-state index in [-0.39, 0.29) is 0 Å². The van der Waals surface area contributed by atoms with Crippen molar-refractivity contribution in [3.63, 3.8) is 0 Å². The summed E-state index contributed by atoms with van der Waals surface area (Å²) in [5, 5.41) is 14.5. The van der Waals surface area contributed by atoms with Crippen LogP contribution in [0.15, 0.2) is 0 Å². The van der Waals surface area contributed by atoms with Gasteiger partial charge in [0.25, 0.3) is 0 Å². The summed E-state index contributed by atoms with van der Waals surface area (Å²) >= 11 is 0. The van der Waals surface area contributed by atoms with Gasteiger partial charge in [-0.25, -0.2) is 0 Å². The van der Waals surface area contributed by atoms with Crippen molar-refractivity contribution in [1.29, 1.82) is 0 Å². The number of hydrogen-bond acceptors (Lipinski definition) is 4. The highest BCUT2D eigenvalue weighted by molar-refractivity contribution is 5.23. The number of rotatable bonds is 6. The molecule has 86 valence electrons. The monoisotopic (exact) mass is 211 g/mol. The van der Waals surface area contributed by atoms with Gasteiger partial charge < -0.3 is 15.2 Å². The molecule has 0 aromatic carbocycles. The highest BCUT2D eigenvalue weighted by Gasteiger charge is 2.05. The lowest BCUT2D eigenvalue weighted by Crippen LogP contribution is -2.24. The van der Waals surface area contributed by atoms with Crippen LogP contribution in [0.2, 0.25) is 0 Å². The third kappa shape index (κ3) is 3.51. The molecule has 0 bridgehead atoms. The van der Waals surface area contributed by atoms with Crippen LogP contribution in [-0.4, -0.2) is 34.4 Å². The van der Waals surface area contributed by atoms with E-state index in [9.17, 15) is 0 Å². The van der Waals surface area contributed by atoms with E-state index in [1.54, 1.807) is 0 Å². The Morgan fingerprint density at radius 3 is 2.60 bits per heavy atom. The Morgan fingerprint density at radius 2 is 2.07 bits per heavy atom. The first kappa shape index (κ1) is 12.0. The topological polar surface area (TPSA) is 54.8 Å². The van der Waals surface area contributed by atoms with E-state index >= 15 is 0 Å². The van der Waals surface area contributed by atoms with E-state index in [1.165, 1.54) is 0 Å². The highest BCUT2D eigenvalue weighted by atomic mass is 15.3. The first-order chi connectivity index (χ1) is 7.15. The summed E-state index contributed by atoms with van der Waals surface area (Å²) in [6.07, 6.45) is 2.05. The van der Waals surface area contributed by atoms with Gasteiger partial charge in [-0.15, -0.1) is 10.2 Å². The van der Waals surface area contributed by atoms with E-state index in [4.69, 9.17) is 0 Å². The molecule has 0 atom stereocenters. The average Bonchev–Trinajstić information content (AvgIpc) is 2.54. The van der Waals surface area contributed by atoms with Gasteiger partial charge in [0.2, 0.25) is 5.95 Å². The van der Waals surface area contributed by atoms with Crippen LogP contribution in [0.3, 0.4) is 0 Å². The number of anilines is 1. The van der Waals surface area contributed by atoms with E-state index < -0.39 is 0 Å². The molecule has 0 fully saturated rings. The Balaban J connectivity index is 2.34. The first-order valence-electron chi connectivity index (χ1n) is 5.44. The Hall–Kier alpha value is -1.10. The molecule has 0 aliphatic rings. The SMILES string of the molecule is CNc1nnc(CCCNC(C)C)n1C. The van der Waals surface area contributed by atoms with E-state index in [2.05, 4.69) is 34.7 Å². The van der Waals surface area contributed by atoms with Crippen LogP contribution >= 0.6 is 0 Å². The maximum absolute atomic E-state index is 4.13. The molecule has 0 aliphatic heterocycles. The quantitative estimate of drug-likeness (QED) is 0.683. The second-order valence-corrected chi connectivity index (χ2v) is 3.96. The van der Waals surface area contributed by atoms with Gasteiger partial charge in [0.05, 0.1) is 0 Å². The standard InChI is InChI=1S/C10H21N5/c1-8(2)12-7-5-6-9-13-14-10(11-3)15(9)4/h8,12H,5-7H2,1-4H3,(H,11,14). The second kappa shape index (κ2) is 5.70. The molecule has 5 nitrogen and oxygen atoms in total. The molecule has 1 aromatic heterocycles. The summed E-state index contributed by atoms with van der Waals surface area (Å²) in [6.45, 7) is 5.34. The fourth-order valence-corrected chi connectivity index (χ4v) is 1.43. The minimum Gasteiger partial charge on any atom is -0.357 e. The molecule has 0 unspecified atom stereocenters. The van der Waals surface area contributed by atoms with Crippen molar-refractivity contribution >= 4 is 5.95 Å². The number of hydrogen-bond donors (Lipinski definition) is 2. The molecule has 0 saturated heterocycles. The maximum atomic E-state index is 4.13. The minimum absolute atomic E-state index is 0.553. The van der Waals surface area contributed by atoms with Crippen molar-refractivity contribution in [3.8, 4) is 0 Å². The number of nitrogens with one attached hydrogen (secondary N) is 2. The van der Waals surface area contributed by atoms with Gasteiger partial charge in [0.1, 0.15) is 5.82 Å². The zero-order valence-electron chi connectivity index (χ0n) is 10.0. The average molecular weight is 211 g/mol. The van der Waals surface area contributed by atoms with E-state index in [0.29, 0.717) is 6.04 Å². The maximum Gasteiger partial charge on any atom is 0.224 e. The molecule has 1 rings (SSSR count). The van der Waals surface area contributed by atoms with Gasteiger partial charge in [0.15, 0.2) is 0 Å². The van der Waals surface area contributed by atoms with Gasteiger partial charge >= 0.3 is 0 Å². The van der Waals surface area contributed by atoms with Crippen LogP contribution in [0, 0.1) is 0 Å². The van der Waals surface area contributed by atoms with Gasteiger partial charge in [-0.05, 0) is 13.0 Å². The van der Waals surface area contributed by atoms with Crippen LogP contribution in [0.25, 0.3) is 0 Å². The van der Waals surface area contributed by atoms with E-state index in [0.717, 1.165) is 31.2 Å². The summed E-state index contributed by atoms with van der Waals surface area (Å²) in [5.74, 6) is 1.85. The lowest BCUT2D eigenvalue weighted by atomic mass is 10.3. The first-order valence-corrected chi connectivity index (χ1v) is 5.44. The molecular formula is C10H21N5. The minimum atomic E-state index is 0.553. The van der Waals surface area contributed by atoms with E-state index in [1.807, 2.05) is 18.7 Å². The smallest absolute Gasteiger partial charge is 0.224 e. The van der Waals surface area contributed by atoms with Crippen LogP contribution < -0.4 is 10.6 Å². The Morgan fingerprint density at radius 1 is 1.33 bits per heavy atom. The Labute approximate surface area is 91.3 Å². The largest absolute Gasteiger partial charge is 0.357 e. The van der Waals surface area contributed by atoms with Crippen molar-refractivity contribution < 1.29 is 0 Å². The number of aromatic nitrogens is 3. The molecule has 5 heteroatoms. The summed E-state index contributed by atoms with van der Waals surface area (Å²) in [6, 6.07) is 0.553. The van der Waals surface area contributed by atoms with Crippen LogP contribution in [-0.2, 0) is 13.5 Å². The van der Waals surface area contributed by atoms with Gasteiger partial charge in [-0.1, -0.05) is 13.8 Å². The summed E-state index contributed by atoms with van der Waals surface area (Å²) < 4.78 is 2.00. The molecule has 0 spiro atoms. The normalized spacial score (nSPS) is 11.0. The highest BCUT2D eigenvalue weighted by Crippen LogP contribution is 2.05. The second-order valence-electron chi connectivity index (χ2n) is 3.96. The molecule has 0 saturated carbocycles. The van der Waals surface area contributed by atoms with Gasteiger partial charge in [-0.3, -0.25) is 0 Å². The van der Waals surface area contributed by atoms with Crippen LogP contribution in [0.4, 0.5) is 5.95 Å². The van der Waals surface area contributed by atoms with Gasteiger partial charge in [-0.2, -0.15) is 0 Å². The molecule has 15 heavy (non-hydrogen) atoms. The molecule has 1 heterocycles. The summed E-state index contributed by atoms with van der Waals surface area (Å²) in [7, 11) is 3.84. The molecule has 0 aliphatic carbocycles. The molecule has 0 radical (unpaired) electrons. The van der Waals surface area contributed by atoms with Gasteiger partial charge in [0, 0.05) is 26.6 Å². The van der Waals surface area contributed by atoms with Crippen molar-refractivity contribution in [1.82, 2.24) is 20.1 Å². The lowest BCUT2D eigenvalue weighted by molar-refractivity contribution is 0.562. The zero-order chi connectivity index (χ0) is 11.3. The third-order valence-electron chi connectivity index (χ3n) is 2.32. The molecule has 1 aromatic rings.